The first kappa shape index (κ1) is 12.8. The van der Waals surface area contributed by atoms with E-state index in [1.54, 1.807) is 0 Å². The van der Waals surface area contributed by atoms with E-state index in [4.69, 9.17) is 0 Å². The molecule has 0 N–H and O–H groups in total. The van der Waals surface area contributed by atoms with Crippen LogP contribution in [0.3, 0.4) is 0 Å². The molecule has 0 aliphatic rings. The third-order valence-corrected chi connectivity index (χ3v) is 2.71. The van der Waals surface area contributed by atoms with Crippen LogP contribution in [0.15, 0.2) is 30.3 Å². The zero-order valence-electron chi connectivity index (χ0n) is 10.7. The van der Waals surface area contributed by atoms with Gasteiger partial charge in [0, 0.05) is 31.1 Å². The molecule has 0 aliphatic carbocycles. The van der Waals surface area contributed by atoms with Gasteiger partial charge in [0.25, 0.3) is 0 Å². The Bertz CT molecular complexity index is 338. The number of para-hydroxylation sites is 1. The highest BCUT2D eigenvalue weighted by molar-refractivity contribution is 5.84. The van der Waals surface area contributed by atoms with Crippen LogP contribution in [0.25, 0.3) is 0 Å². The molecular weight excluding hydrogens is 198 g/mol. The minimum atomic E-state index is -0.225. The van der Waals surface area contributed by atoms with Crippen molar-refractivity contribution in [1.82, 2.24) is 0 Å². The van der Waals surface area contributed by atoms with Gasteiger partial charge in [-0.05, 0) is 12.1 Å². The number of benzene rings is 1. The van der Waals surface area contributed by atoms with Crippen LogP contribution in [0.5, 0.6) is 0 Å². The van der Waals surface area contributed by atoms with Crippen LogP contribution in [-0.2, 0) is 4.79 Å². The van der Waals surface area contributed by atoms with Crippen molar-refractivity contribution in [2.24, 2.45) is 5.41 Å². The van der Waals surface area contributed by atoms with Crippen LogP contribution in [0.4, 0.5) is 5.69 Å². The topological polar surface area (TPSA) is 20.3 Å². The van der Waals surface area contributed by atoms with Crippen molar-refractivity contribution in [2.45, 2.75) is 27.2 Å². The van der Waals surface area contributed by atoms with Crippen LogP contribution >= 0.6 is 0 Å². The average molecular weight is 219 g/mol. The second kappa shape index (κ2) is 5.15. The number of carbonyl (C=O) groups is 1. The summed E-state index contributed by atoms with van der Waals surface area (Å²) in [5.74, 6) is 0.315. The van der Waals surface area contributed by atoms with Crippen LogP contribution in [0.2, 0.25) is 0 Å². The molecular formula is C14H21NO. The Morgan fingerprint density at radius 3 is 2.25 bits per heavy atom. The molecule has 2 nitrogen and oxygen atoms in total. The second-order valence-electron chi connectivity index (χ2n) is 5.18. The van der Waals surface area contributed by atoms with Crippen molar-refractivity contribution in [3.05, 3.63) is 30.3 Å². The Morgan fingerprint density at radius 2 is 1.75 bits per heavy atom. The molecule has 1 aromatic rings. The number of nitrogens with zero attached hydrogens (tertiary/aromatic N) is 1. The summed E-state index contributed by atoms with van der Waals surface area (Å²) in [5.41, 5.74) is 0.932. The predicted octanol–water partition coefficient (Wildman–Crippen LogP) is 3.13. The van der Waals surface area contributed by atoms with Crippen molar-refractivity contribution < 1.29 is 4.79 Å². The average Bonchev–Trinajstić information content (AvgIpc) is 2.25. The Balaban J connectivity index is 2.48. The van der Waals surface area contributed by atoms with E-state index in [1.165, 1.54) is 0 Å². The van der Waals surface area contributed by atoms with E-state index in [2.05, 4.69) is 17.0 Å². The van der Waals surface area contributed by atoms with Gasteiger partial charge in [0.05, 0.1) is 0 Å². The molecule has 0 saturated heterocycles. The smallest absolute Gasteiger partial charge is 0.139 e. The lowest BCUT2D eigenvalue weighted by Gasteiger charge is -2.22. The van der Waals surface area contributed by atoms with Crippen molar-refractivity contribution in [3.63, 3.8) is 0 Å². The third kappa shape index (κ3) is 3.69. The van der Waals surface area contributed by atoms with E-state index < -0.39 is 0 Å². The Hall–Kier alpha value is -1.31. The molecule has 0 fully saturated rings. The summed E-state index contributed by atoms with van der Waals surface area (Å²) in [4.78, 5) is 13.9. The molecule has 1 rings (SSSR count). The van der Waals surface area contributed by atoms with Gasteiger partial charge < -0.3 is 4.90 Å². The third-order valence-electron chi connectivity index (χ3n) is 2.71. The summed E-state index contributed by atoms with van der Waals surface area (Å²) in [6.45, 7) is 6.69. The Labute approximate surface area is 98.3 Å². The highest BCUT2D eigenvalue weighted by Crippen LogP contribution is 2.18. The van der Waals surface area contributed by atoms with Gasteiger partial charge in [0.15, 0.2) is 0 Å². The normalized spacial score (nSPS) is 11.2. The van der Waals surface area contributed by atoms with Gasteiger partial charge in [0.2, 0.25) is 0 Å². The number of hydrogen-bond donors (Lipinski definition) is 0. The molecule has 0 aromatic heterocycles. The number of anilines is 1. The first-order valence-corrected chi connectivity index (χ1v) is 5.71. The van der Waals surface area contributed by atoms with Gasteiger partial charge in [-0.25, -0.2) is 0 Å². The first-order valence-electron chi connectivity index (χ1n) is 5.71. The molecule has 2 heteroatoms. The maximum atomic E-state index is 11.8. The van der Waals surface area contributed by atoms with Crippen molar-refractivity contribution in [1.29, 1.82) is 0 Å². The molecule has 0 amide bonds. The van der Waals surface area contributed by atoms with Gasteiger partial charge >= 0.3 is 0 Å². The number of hydrogen-bond acceptors (Lipinski definition) is 2. The number of Topliss-reactive ketones (excluding diaryl/α,β-unsaturated/α-hetero) is 1. The second-order valence-corrected chi connectivity index (χ2v) is 5.18. The zero-order valence-corrected chi connectivity index (χ0v) is 10.7. The molecule has 0 aliphatic heterocycles. The van der Waals surface area contributed by atoms with E-state index in [-0.39, 0.29) is 5.41 Å². The number of carbonyl (C=O) groups excluding carboxylic acids is 1. The van der Waals surface area contributed by atoms with E-state index in [0.717, 1.165) is 12.2 Å². The Morgan fingerprint density at radius 1 is 1.19 bits per heavy atom. The fraction of sp³-hybridized carbons (Fsp3) is 0.500. The van der Waals surface area contributed by atoms with E-state index in [0.29, 0.717) is 12.2 Å². The summed E-state index contributed by atoms with van der Waals surface area (Å²) in [5, 5.41) is 0. The lowest BCUT2D eigenvalue weighted by atomic mass is 9.89. The molecule has 0 atom stereocenters. The van der Waals surface area contributed by atoms with Crippen LogP contribution in [-0.4, -0.2) is 19.4 Å². The number of ketones is 1. The molecule has 0 unspecified atom stereocenters. The fourth-order valence-electron chi connectivity index (χ4n) is 1.46. The van der Waals surface area contributed by atoms with Gasteiger partial charge in [-0.15, -0.1) is 0 Å². The molecule has 0 radical (unpaired) electrons. The Kier molecular flexibility index (Phi) is 4.11. The van der Waals surface area contributed by atoms with E-state index in [1.807, 2.05) is 46.0 Å². The molecule has 16 heavy (non-hydrogen) atoms. The quantitative estimate of drug-likeness (QED) is 0.775. The summed E-state index contributed by atoms with van der Waals surface area (Å²) in [6, 6.07) is 10.1. The summed E-state index contributed by atoms with van der Waals surface area (Å²) >= 11 is 0. The predicted molar refractivity (Wildman–Crippen MR) is 68.8 cm³/mol. The minimum absolute atomic E-state index is 0.225. The highest BCUT2D eigenvalue weighted by atomic mass is 16.1. The van der Waals surface area contributed by atoms with Crippen LogP contribution in [0, 0.1) is 5.41 Å². The van der Waals surface area contributed by atoms with Gasteiger partial charge in [-0.1, -0.05) is 39.0 Å². The van der Waals surface area contributed by atoms with E-state index in [9.17, 15) is 4.79 Å². The first-order chi connectivity index (χ1) is 7.41. The largest absolute Gasteiger partial charge is 0.374 e. The highest BCUT2D eigenvalue weighted by Gasteiger charge is 2.20. The maximum Gasteiger partial charge on any atom is 0.139 e. The van der Waals surface area contributed by atoms with Crippen molar-refractivity contribution >= 4 is 11.5 Å². The molecule has 0 heterocycles. The minimum Gasteiger partial charge on any atom is -0.374 e. The summed E-state index contributed by atoms with van der Waals surface area (Å²) < 4.78 is 0. The van der Waals surface area contributed by atoms with Gasteiger partial charge in [-0.2, -0.15) is 0 Å². The van der Waals surface area contributed by atoms with Crippen molar-refractivity contribution in [2.75, 3.05) is 18.5 Å². The van der Waals surface area contributed by atoms with Gasteiger partial charge in [-0.3, -0.25) is 4.79 Å². The van der Waals surface area contributed by atoms with Gasteiger partial charge in [0.1, 0.15) is 5.78 Å². The summed E-state index contributed by atoms with van der Waals surface area (Å²) in [6.07, 6.45) is 0.606. The molecule has 0 spiro atoms. The van der Waals surface area contributed by atoms with Crippen molar-refractivity contribution in [3.8, 4) is 0 Å². The molecule has 0 saturated carbocycles. The zero-order chi connectivity index (χ0) is 12.2. The molecule has 88 valence electrons. The standard InChI is InChI=1S/C14H21NO/c1-14(2,3)13(16)10-11-15(4)12-8-6-5-7-9-12/h5-9H,10-11H2,1-4H3. The summed E-state index contributed by atoms with van der Waals surface area (Å²) in [7, 11) is 2.02. The molecule has 1 aromatic carbocycles. The van der Waals surface area contributed by atoms with Crippen LogP contribution < -0.4 is 4.90 Å². The monoisotopic (exact) mass is 219 g/mol. The lowest BCUT2D eigenvalue weighted by molar-refractivity contribution is -0.126. The maximum absolute atomic E-state index is 11.8. The number of rotatable bonds is 4. The lowest BCUT2D eigenvalue weighted by Crippen LogP contribution is -2.27. The van der Waals surface area contributed by atoms with E-state index >= 15 is 0 Å². The van der Waals surface area contributed by atoms with Crippen LogP contribution in [0.1, 0.15) is 27.2 Å². The fourth-order valence-corrected chi connectivity index (χ4v) is 1.46. The molecule has 0 bridgehead atoms. The SMILES string of the molecule is CN(CCC(=O)C(C)(C)C)c1ccccc1.